The predicted octanol–water partition coefficient (Wildman–Crippen LogP) is 3.97. The van der Waals surface area contributed by atoms with Crippen molar-refractivity contribution in [1.82, 2.24) is 5.16 Å². The lowest BCUT2D eigenvalue weighted by atomic mass is 10.1. The van der Waals surface area contributed by atoms with Gasteiger partial charge in [-0.25, -0.2) is 4.79 Å². The van der Waals surface area contributed by atoms with E-state index >= 15 is 0 Å². The average Bonchev–Trinajstić information content (AvgIpc) is 2.90. The Bertz CT molecular complexity index is 768. The van der Waals surface area contributed by atoms with E-state index in [0.29, 0.717) is 17.1 Å². The molecular weight excluding hydrogens is 376 g/mol. The van der Waals surface area contributed by atoms with Crippen LogP contribution in [0.4, 0.5) is 5.69 Å². The van der Waals surface area contributed by atoms with Gasteiger partial charge in [0, 0.05) is 16.1 Å². The van der Waals surface area contributed by atoms with Gasteiger partial charge in [-0.2, -0.15) is 0 Å². The zero-order chi connectivity index (χ0) is 17.9. The van der Waals surface area contributed by atoms with Gasteiger partial charge in [0.05, 0.1) is 5.69 Å². The highest BCUT2D eigenvalue weighted by atomic mass is 79.9. The minimum atomic E-state index is -0.613. The normalized spacial score (nSPS) is 10.8. The van der Waals surface area contributed by atoms with E-state index in [1.807, 2.05) is 26.8 Å². The number of anilines is 1. The molecule has 0 atom stereocenters. The Morgan fingerprint density at radius 1 is 1.33 bits per heavy atom. The fraction of sp³-hybridized carbons (Fsp3) is 0.353. The van der Waals surface area contributed by atoms with Crippen molar-refractivity contribution in [2.45, 2.75) is 33.6 Å². The van der Waals surface area contributed by atoms with E-state index < -0.39 is 11.9 Å². The largest absolute Gasteiger partial charge is 0.452 e. The maximum atomic E-state index is 12.2. The Balaban J connectivity index is 1.97. The van der Waals surface area contributed by atoms with Crippen molar-refractivity contribution in [2.75, 3.05) is 11.9 Å². The van der Waals surface area contributed by atoms with Crippen LogP contribution in [0.15, 0.2) is 27.2 Å². The lowest BCUT2D eigenvalue weighted by Gasteiger charge is -2.08. The van der Waals surface area contributed by atoms with Crippen LogP contribution in [-0.2, 0) is 9.53 Å². The molecule has 0 bridgehead atoms. The van der Waals surface area contributed by atoms with Crippen molar-refractivity contribution < 1.29 is 18.8 Å². The number of nitrogens with zero attached hydrogens (tertiary/aromatic N) is 1. The molecule has 0 unspecified atom stereocenters. The van der Waals surface area contributed by atoms with Crippen LogP contribution in [0.2, 0.25) is 0 Å². The number of nitrogens with one attached hydrogen (secondary N) is 1. The second kappa shape index (κ2) is 7.61. The Hall–Kier alpha value is -2.15. The maximum Gasteiger partial charge on any atom is 0.344 e. The van der Waals surface area contributed by atoms with Gasteiger partial charge >= 0.3 is 5.97 Å². The number of esters is 1. The molecule has 7 heteroatoms. The second-order valence-corrected chi connectivity index (χ2v) is 6.60. The SMILES string of the molecule is Cc1ccc(NC(=O)COC(=O)c2c(C)noc2C(C)C)cc1Br. The number of amides is 1. The molecule has 0 saturated heterocycles. The number of ether oxygens (including phenoxy) is 1. The van der Waals surface area contributed by atoms with Gasteiger partial charge in [-0.15, -0.1) is 0 Å². The average molecular weight is 395 g/mol. The predicted molar refractivity (Wildman–Crippen MR) is 93.1 cm³/mol. The number of aryl methyl sites for hydroxylation is 2. The van der Waals surface area contributed by atoms with Crippen LogP contribution in [0.3, 0.4) is 0 Å². The molecule has 0 saturated carbocycles. The van der Waals surface area contributed by atoms with E-state index in [-0.39, 0.29) is 18.1 Å². The first-order valence-electron chi connectivity index (χ1n) is 7.49. The number of hydrogen-bond acceptors (Lipinski definition) is 5. The first kappa shape index (κ1) is 18.2. The fourth-order valence-electron chi connectivity index (χ4n) is 2.10. The zero-order valence-electron chi connectivity index (χ0n) is 14.0. The van der Waals surface area contributed by atoms with Crippen LogP contribution < -0.4 is 5.32 Å². The van der Waals surface area contributed by atoms with Crippen LogP contribution in [0.1, 0.15) is 47.1 Å². The van der Waals surface area contributed by atoms with Gasteiger partial charge in [-0.3, -0.25) is 4.79 Å². The molecule has 1 heterocycles. The molecule has 0 fully saturated rings. The third-order valence-electron chi connectivity index (χ3n) is 3.41. The second-order valence-electron chi connectivity index (χ2n) is 5.75. The minimum Gasteiger partial charge on any atom is -0.452 e. The van der Waals surface area contributed by atoms with E-state index in [9.17, 15) is 9.59 Å². The lowest BCUT2D eigenvalue weighted by Crippen LogP contribution is -2.21. The Labute approximate surface area is 148 Å². The van der Waals surface area contributed by atoms with Crippen molar-refractivity contribution in [2.24, 2.45) is 0 Å². The smallest absolute Gasteiger partial charge is 0.344 e. The molecule has 2 rings (SSSR count). The minimum absolute atomic E-state index is 0.00696. The number of hydrogen-bond donors (Lipinski definition) is 1. The van der Waals surface area contributed by atoms with Gasteiger partial charge in [0.2, 0.25) is 0 Å². The third-order valence-corrected chi connectivity index (χ3v) is 4.26. The highest BCUT2D eigenvalue weighted by molar-refractivity contribution is 9.10. The lowest BCUT2D eigenvalue weighted by molar-refractivity contribution is -0.119. The molecule has 0 aliphatic carbocycles. The first-order valence-corrected chi connectivity index (χ1v) is 8.28. The molecule has 0 aliphatic heterocycles. The summed E-state index contributed by atoms with van der Waals surface area (Å²) in [6.07, 6.45) is 0. The van der Waals surface area contributed by atoms with E-state index in [4.69, 9.17) is 9.26 Å². The van der Waals surface area contributed by atoms with Gasteiger partial charge in [-0.1, -0.05) is 41.0 Å². The first-order chi connectivity index (χ1) is 11.3. The van der Waals surface area contributed by atoms with Gasteiger partial charge < -0.3 is 14.6 Å². The summed E-state index contributed by atoms with van der Waals surface area (Å²) in [5.41, 5.74) is 2.42. The molecule has 1 N–H and O–H groups in total. The summed E-state index contributed by atoms with van der Waals surface area (Å²) < 4.78 is 11.1. The molecule has 2 aromatic rings. The van der Waals surface area contributed by atoms with E-state index in [1.165, 1.54) is 0 Å². The molecule has 1 aromatic heterocycles. The Kier molecular flexibility index (Phi) is 5.77. The summed E-state index contributed by atoms with van der Waals surface area (Å²) in [6, 6.07) is 5.44. The summed E-state index contributed by atoms with van der Waals surface area (Å²) in [5, 5.41) is 6.47. The molecule has 1 amide bonds. The quantitative estimate of drug-likeness (QED) is 0.775. The van der Waals surface area contributed by atoms with Gasteiger partial charge in [0.1, 0.15) is 5.56 Å². The molecule has 128 valence electrons. The van der Waals surface area contributed by atoms with Crippen LogP contribution >= 0.6 is 15.9 Å². The maximum absolute atomic E-state index is 12.2. The number of carbonyl (C=O) groups excluding carboxylic acids is 2. The van der Waals surface area contributed by atoms with E-state index in [2.05, 4.69) is 26.4 Å². The molecule has 24 heavy (non-hydrogen) atoms. The monoisotopic (exact) mass is 394 g/mol. The molecule has 0 radical (unpaired) electrons. The van der Waals surface area contributed by atoms with E-state index in [1.54, 1.807) is 19.1 Å². The molecule has 1 aromatic carbocycles. The van der Waals surface area contributed by atoms with Crippen molar-refractivity contribution in [3.63, 3.8) is 0 Å². The van der Waals surface area contributed by atoms with Crippen LogP contribution in [0.5, 0.6) is 0 Å². The fourth-order valence-corrected chi connectivity index (χ4v) is 2.48. The van der Waals surface area contributed by atoms with Gasteiger partial charge in [0.25, 0.3) is 5.91 Å². The number of aromatic nitrogens is 1. The Morgan fingerprint density at radius 2 is 2.04 bits per heavy atom. The summed E-state index contributed by atoms with van der Waals surface area (Å²) in [7, 11) is 0. The molecule has 0 aliphatic rings. The van der Waals surface area contributed by atoms with Crippen molar-refractivity contribution >= 4 is 33.5 Å². The van der Waals surface area contributed by atoms with Crippen molar-refractivity contribution in [3.05, 3.63) is 45.3 Å². The molecular formula is C17H19BrN2O4. The molecule has 6 nitrogen and oxygen atoms in total. The Morgan fingerprint density at radius 3 is 2.67 bits per heavy atom. The number of carbonyl (C=O) groups is 2. The number of benzene rings is 1. The van der Waals surface area contributed by atoms with Crippen LogP contribution in [0, 0.1) is 13.8 Å². The third kappa shape index (κ3) is 4.23. The summed E-state index contributed by atoms with van der Waals surface area (Å²) in [6.45, 7) is 7.00. The highest BCUT2D eigenvalue weighted by Crippen LogP contribution is 2.23. The molecule has 0 spiro atoms. The van der Waals surface area contributed by atoms with Crippen LogP contribution in [0.25, 0.3) is 0 Å². The number of rotatable bonds is 5. The van der Waals surface area contributed by atoms with Crippen molar-refractivity contribution in [3.8, 4) is 0 Å². The zero-order valence-corrected chi connectivity index (χ0v) is 15.6. The standard InChI is InChI=1S/C17H19BrN2O4/c1-9(2)16-15(11(4)20-24-16)17(22)23-8-14(21)19-12-6-5-10(3)13(18)7-12/h5-7,9H,8H2,1-4H3,(H,19,21). The topological polar surface area (TPSA) is 81.4 Å². The van der Waals surface area contributed by atoms with Crippen molar-refractivity contribution in [1.29, 1.82) is 0 Å². The summed E-state index contributed by atoms with van der Waals surface area (Å²) in [4.78, 5) is 24.1. The summed E-state index contributed by atoms with van der Waals surface area (Å²) in [5.74, 6) is -0.579. The van der Waals surface area contributed by atoms with Crippen LogP contribution in [-0.4, -0.2) is 23.6 Å². The van der Waals surface area contributed by atoms with Gasteiger partial charge in [0.15, 0.2) is 12.4 Å². The summed E-state index contributed by atoms with van der Waals surface area (Å²) >= 11 is 3.40. The highest BCUT2D eigenvalue weighted by Gasteiger charge is 2.24. The number of halogens is 1. The van der Waals surface area contributed by atoms with E-state index in [0.717, 1.165) is 10.0 Å². The van der Waals surface area contributed by atoms with Gasteiger partial charge in [-0.05, 0) is 31.5 Å².